The minimum atomic E-state index is -1.94. The fraction of sp³-hybridized carbons (Fsp3) is 0.655. The van der Waals surface area contributed by atoms with Gasteiger partial charge in [0.25, 0.3) is 0 Å². The van der Waals surface area contributed by atoms with E-state index >= 15 is 0 Å². The van der Waals surface area contributed by atoms with Crippen molar-refractivity contribution in [3.8, 4) is 0 Å². The van der Waals surface area contributed by atoms with E-state index in [1.165, 1.54) is 13.0 Å². The van der Waals surface area contributed by atoms with Gasteiger partial charge in [0.15, 0.2) is 17.0 Å². The Bertz CT molecular complexity index is 1160. The van der Waals surface area contributed by atoms with Crippen molar-refractivity contribution in [2.45, 2.75) is 83.7 Å². The number of rotatable bonds is 6. The van der Waals surface area contributed by atoms with Gasteiger partial charge in [0.05, 0.1) is 17.4 Å². The molecular formula is C29H38O9. The van der Waals surface area contributed by atoms with E-state index in [4.69, 9.17) is 14.2 Å². The Kier molecular flexibility index (Phi) is 6.80. The fourth-order valence-electron chi connectivity index (χ4n) is 7.22. The van der Waals surface area contributed by atoms with Gasteiger partial charge in [-0.25, -0.2) is 4.79 Å². The van der Waals surface area contributed by atoms with Crippen molar-refractivity contribution < 1.29 is 43.6 Å². The first-order chi connectivity index (χ1) is 17.6. The van der Waals surface area contributed by atoms with Crippen molar-refractivity contribution in [1.82, 2.24) is 0 Å². The Morgan fingerprint density at radius 2 is 1.84 bits per heavy atom. The van der Waals surface area contributed by atoms with Crippen LogP contribution in [-0.2, 0) is 33.4 Å². The normalized spacial score (nSPS) is 41.4. The number of allylic oxidation sites excluding steroid dienone is 1. The molecular weight excluding hydrogens is 492 g/mol. The molecule has 0 aromatic heterocycles. The zero-order valence-corrected chi connectivity index (χ0v) is 23.1. The minimum Gasteiger partial charge on any atom is -0.461 e. The van der Waals surface area contributed by atoms with Gasteiger partial charge < -0.3 is 24.4 Å². The molecule has 4 rings (SSSR count). The number of esters is 3. The van der Waals surface area contributed by atoms with Gasteiger partial charge in [0, 0.05) is 31.3 Å². The van der Waals surface area contributed by atoms with E-state index in [1.54, 1.807) is 59.8 Å². The Balaban J connectivity index is 1.89. The second-order valence-corrected chi connectivity index (χ2v) is 11.9. The van der Waals surface area contributed by atoms with Gasteiger partial charge >= 0.3 is 17.9 Å². The summed E-state index contributed by atoms with van der Waals surface area (Å²) in [5, 5.41) is 24.3. The highest BCUT2D eigenvalue weighted by molar-refractivity contribution is 6.04. The van der Waals surface area contributed by atoms with Gasteiger partial charge in [-0.05, 0) is 44.3 Å². The molecule has 4 aliphatic carbocycles. The summed E-state index contributed by atoms with van der Waals surface area (Å²) < 4.78 is 17.3. The average molecular weight is 531 g/mol. The third-order valence-corrected chi connectivity index (χ3v) is 9.07. The molecule has 0 bridgehead atoms. The van der Waals surface area contributed by atoms with Crippen LogP contribution < -0.4 is 0 Å². The van der Waals surface area contributed by atoms with Gasteiger partial charge in [-0.3, -0.25) is 14.4 Å². The molecule has 2 fully saturated rings. The van der Waals surface area contributed by atoms with E-state index in [2.05, 4.69) is 0 Å². The number of ether oxygens (including phenoxy) is 3. The number of ketones is 1. The maximum atomic E-state index is 13.2. The molecule has 0 spiro atoms. The zero-order valence-electron chi connectivity index (χ0n) is 23.1. The molecule has 4 aliphatic rings. The van der Waals surface area contributed by atoms with Gasteiger partial charge in [0.1, 0.15) is 12.2 Å². The SMILES string of the molecule is C/C=C/C(=O)OC1(C)[C@H]2[C@@H]3C=C(COC(C)=O)C[C@]4(O)C(=O)C(C)=C[C@H]4[C@@]3(O)[C@H](C)C[C@]21OC(=O)C(C)C. The molecule has 2 N–H and O–H groups in total. The number of aliphatic hydroxyl groups is 2. The van der Waals surface area contributed by atoms with Gasteiger partial charge in [0.2, 0.25) is 0 Å². The highest BCUT2D eigenvalue weighted by Gasteiger charge is 2.87. The van der Waals surface area contributed by atoms with Crippen LogP contribution in [-0.4, -0.2) is 62.9 Å². The van der Waals surface area contributed by atoms with Crippen molar-refractivity contribution >= 4 is 23.7 Å². The summed E-state index contributed by atoms with van der Waals surface area (Å²) in [6, 6.07) is 0. The standard InChI is InChI=1S/C29H38O9/c1-8-9-22(31)37-26(7)23-20-11-19(14-36-18(6)30)13-27(34)21(10-16(4)24(27)32)29(20,35)17(5)12-28(23,26)38-25(33)15(2)3/h8-11,15,17,20-21,23,34-35H,12-14H2,1-7H3/b9-8+/t17-,20+,21-,23-,26?,27-,28+,29-/m1/s1. The van der Waals surface area contributed by atoms with Crippen LogP contribution in [0.3, 0.4) is 0 Å². The van der Waals surface area contributed by atoms with E-state index in [0.29, 0.717) is 11.1 Å². The van der Waals surface area contributed by atoms with Crippen LogP contribution in [0.1, 0.15) is 61.3 Å². The van der Waals surface area contributed by atoms with Crippen molar-refractivity contribution in [1.29, 1.82) is 0 Å². The third kappa shape index (κ3) is 3.88. The molecule has 2 saturated carbocycles. The Labute approximate surface area is 222 Å². The van der Waals surface area contributed by atoms with Crippen LogP contribution in [0.5, 0.6) is 0 Å². The molecule has 0 aliphatic heterocycles. The van der Waals surface area contributed by atoms with E-state index in [0.717, 1.165) is 0 Å². The van der Waals surface area contributed by atoms with Crippen molar-refractivity contribution in [2.24, 2.45) is 29.6 Å². The lowest BCUT2D eigenvalue weighted by molar-refractivity contribution is -0.189. The van der Waals surface area contributed by atoms with E-state index in [1.807, 2.05) is 0 Å². The first-order valence-corrected chi connectivity index (χ1v) is 13.2. The topological polar surface area (TPSA) is 136 Å². The van der Waals surface area contributed by atoms with Gasteiger partial charge in [-0.15, -0.1) is 0 Å². The molecule has 0 heterocycles. The lowest BCUT2D eigenvalue weighted by Gasteiger charge is -2.50. The molecule has 8 atom stereocenters. The molecule has 38 heavy (non-hydrogen) atoms. The van der Waals surface area contributed by atoms with Crippen LogP contribution in [0.2, 0.25) is 0 Å². The molecule has 208 valence electrons. The van der Waals surface area contributed by atoms with Gasteiger partial charge in [-0.1, -0.05) is 39.0 Å². The number of Topliss-reactive ketones (excluding diaryl/α,β-unsaturated/α-hetero) is 1. The highest BCUT2D eigenvalue weighted by atomic mass is 16.6. The second-order valence-electron chi connectivity index (χ2n) is 11.9. The monoisotopic (exact) mass is 530 g/mol. The minimum absolute atomic E-state index is 0.135. The summed E-state index contributed by atoms with van der Waals surface area (Å²) in [5.41, 5.74) is -5.30. The fourth-order valence-corrected chi connectivity index (χ4v) is 7.22. The first-order valence-electron chi connectivity index (χ1n) is 13.2. The highest BCUT2D eigenvalue weighted by Crippen LogP contribution is 2.73. The molecule has 0 aromatic carbocycles. The molecule has 0 amide bonds. The van der Waals surface area contributed by atoms with E-state index in [9.17, 15) is 29.4 Å². The van der Waals surface area contributed by atoms with Crippen molar-refractivity contribution in [3.05, 3.63) is 35.5 Å². The van der Waals surface area contributed by atoms with Crippen molar-refractivity contribution in [2.75, 3.05) is 6.61 Å². The Morgan fingerprint density at radius 1 is 1.18 bits per heavy atom. The predicted octanol–water partition coefficient (Wildman–Crippen LogP) is 2.59. The molecule has 9 heteroatoms. The summed E-state index contributed by atoms with van der Waals surface area (Å²) >= 11 is 0. The summed E-state index contributed by atoms with van der Waals surface area (Å²) in [5.74, 6) is -5.55. The van der Waals surface area contributed by atoms with Crippen LogP contribution in [0.15, 0.2) is 35.5 Å². The second kappa shape index (κ2) is 9.16. The predicted molar refractivity (Wildman–Crippen MR) is 135 cm³/mol. The largest absolute Gasteiger partial charge is 0.461 e. The molecule has 0 saturated heterocycles. The van der Waals surface area contributed by atoms with E-state index in [-0.39, 0.29) is 19.4 Å². The van der Waals surface area contributed by atoms with Crippen LogP contribution in [0.25, 0.3) is 0 Å². The van der Waals surface area contributed by atoms with Crippen LogP contribution >= 0.6 is 0 Å². The van der Waals surface area contributed by atoms with Crippen LogP contribution in [0, 0.1) is 29.6 Å². The maximum absolute atomic E-state index is 13.2. The lowest BCUT2D eigenvalue weighted by Crippen LogP contribution is -2.61. The molecule has 0 aromatic rings. The summed E-state index contributed by atoms with van der Waals surface area (Å²) in [6.07, 6.45) is 6.19. The third-order valence-electron chi connectivity index (χ3n) is 9.07. The Morgan fingerprint density at radius 3 is 2.42 bits per heavy atom. The maximum Gasteiger partial charge on any atom is 0.331 e. The molecule has 0 radical (unpaired) electrons. The number of hydrogen-bond donors (Lipinski definition) is 2. The summed E-state index contributed by atoms with van der Waals surface area (Å²) in [6.45, 7) is 11.3. The van der Waals surface area contributed by atoms with Gasteiger partial charge in [-0.2, -0.15) is 0 Å². The number of hydrogen-bond acceptors (Lipinski definition) is 9. The lowest BCUT2D eigenvalue weighted by atomic mass is 9.60. The van der Waals surface area contributed by atoms with E-state index < -0.39 is 75.7 Å². The summed E-state index contributed by atoms with van der Waals surface area (Å²) in [7, 11) is 0. The van der Waals surface area contributed by atoms with Crippen LogP contribution in [0.4, 0.5) is 0 Å². The number of carbonyl (C=O) groups excluding carboxylic acids is 4. The Hall–Kier alpha value is -2.78. The smallest absolute Gasteiger partial charge is 0.331 e. The first kappa shape index (κ1) is 28.2. The number of fused-ring (bicyclic) bond motifs is 5. The number of carbonyl (C=O) groups is 4. The molecule has 9 nitrogen and oxygen atoms in total. The average Bonchev–Trinajstić information content (AvgIpc) is 3.24. The van der Waals surface area contributed by atoms with Crippen molar-refractivity contribution in [3.63, 3.8) is 0 Å². The summed E-state index contributed by atoms with van der Waals surface area (Å²) in [4.78, 5) is 50.4. The quantitative estimate of drug-likeness (QED) is 0.230. The zero-order chi connectivity index (χ0) is 28.4. The molecule has 1 unspecified atom stereocenters.